The number of benzene rings is 2. The molecular formula is C26H29N3O3. The van der Waals surface area contributed by atoms with E-state index < -0.39 is 6.04 Å². The highest BCUT2D eigenvalue weighted by Crippen LogP contribution is 2.42. The first kappa shape index (κ1) is 20.8. The van der Waals surface area contributed by atoms with Gasteiger partial charge in [-0.2, -0.15) is 0 Å². The molecule has 3 aromatic rings. The summed E-state index contributed by atoms with van der Waals surface area (Å²) >= 11 is 0. The molecule has 32 heavy (non-hydrogen) atoms. The molecule has 6 nitrogen and oxygen atoms in total. The van der Waals surface area contributed by atoms with Gasteiger partial charge in [0, 0.05) is 36.2 Å². The number of hydrogen-bond donors (Lipinski definition) is 2. The van der Waals surface area contributed by atoms with Crippen LogP contribution in [-0.4, -0.2) is 57.4 Å². The van der Waals surface area contributed by atoms with E-state index in [0.29, 0.717) is 25.3 Å². The lowest BCUT2D eigenvalue weighted by molar-refractivity contribution is -0.158. The fourth-order valence-corrected chi connectivity index (χ4v) is 5.18. The van der Waals surface area contributed by atoms with Gasteiger partial charge >= 0.3 is 0 Å². The molecule has 0 saturated carbocycles. The molecule has 0 radical (unpaired) electrons. The number of aliphatic hydroxyl groups excluding tert-OH is 1. The van der Waals surface area contributed by atoms with Gasteiger partial charge in [0.05, 0.1) is 12.6 Å². The molecular weight excluding hydrogens is 402 g/mol. The van der Waals surface area contributed by atoms with Crippen LogP contribution in [0.2, 0.25) is 0 Å². The fraction of sp³-hybridized carbons (Fsp3) is 0.385. The average molecular weight is 432 g/mol. The van der Waals surface area contributed by atoms with Gasteiger partial charge in [-0.05, 0) is 35.1 Å². The van der Waals surface area contributed by atoms with Crippen LogP contribution >= 0.6 is 0 Å². The number of fused-ring (bicyclic) bond motifs is 4. The maximum absolute atomic E-state index is 13.4. The van der Waals surface area contributed by atoms with Gasteiger partial charge in [0.1, 0.15) is 6.04 Å². The van der Waals surface area contributed by atoms with Crippen molar-refractivity contribution in [3.8, 4) is 0 Å². The zero-order valence-electron chi connectivity index (χ0n) is 18.5. The number of H-pyrrole nitrogens is 1. The zero-order valence-corrected chi connectivity index (χ0v) is 18.5. The highest BCUT2D eigenvalue weighted by atomic mass is 16.3. The predicted octanol–water partition coefficient (Wildman–Crippen LogP) is 3.36. The van der Waals surface area contributed by atoms with Crippen molar-refractivity contribution in [2.75, 3.05) is 19.7 Å². The standard InChI is InChI=1S/C26H29N3O3/c1-16(2)17-8-10-18(11-9-17)25-24-20(19-6-3-4-7-21(19)27-24)14-22-26(32)28(12-5-13-30)15-23(31)29(22)25/h3-4,6-11,16,22,25,27,30H,5,12-15H2,1-2H3. The summed E-state index contributed by atoms with van der Waals surface area (Å²) in [4.78, 5) is 33.8. The monoisotopic (exact) mass is 431 g/mol. The SMILES string of the molecule is CC(C)c1ccc(C2c3[nH]c4ccccc4c3CC3C(=O)N(CCCO)CC(=O)N32)cc1. The molecule has 5 rings (SSSR count). The Kier molecular flexibility index (Phi) is 5.25. The summed E-state index contributed by atoms with van der Waals surface area (Å²) in [5.74, 6) is 0.345. The first-order valence-electron chi connectivity index (χ1n) is 11.4. The number of amides is 2. The van der Waals surface area contributed by atoms with Gasteiger partial charge < -0.3 is 19.9 Å². The van der Waals surface area contributed by atoms with E-state index in [9.17, 15) is 14.7 Å². The maximum atomic E-state index is 13.4. The van der Waals surface area contributed by atoms with E-state index in [0.717, 1.165) is 27.7 Å². The van der Waals surface area contributed by atoms with Gasteiger partial charge in [0.15, 0.2) is 0 Å². The highest BCUT2D eigenvalue weighted by Gasteiger charge is 2.48. The Bertz CT molecular complexity index is 1160. The van der Waals surface area contributed by atoms with Gasteiger partial charge in [-0.25, -0.2) is 0 Å². The third-order valence-corrected chi connectivity index (χ3v) is 6.85. The zero-order chi connectivity index (χ0) is 22.4. The lowest BCUT2D eigenvalue weighted by Crippen LogP contribution is -2.63. The third kappa shape index (κ3) is 3.30. The Labute approximate surface area is 187 Å². The molecule has 2 unspecified atom stereocenters. The van der Waals surface area contributed by atoms with Crippen molar-refractivity contribution < 1.29 is 14.7 Å². The lowest BCUT2D eigenvalue weighted by atomic mass is 9.85. The van der Waals surface area contributed by atoms with Crippen molar-refractivity contribution in [1.29, 1.82) is 0 Å². The molecule has 2 aromatic carbocycles. The number of carbonyl (C=O) groups excluding carboxylic acids is 2. The Morgan fingerprint density at radius 1 is 1.09 bits per heavy atom. The Morgan fingerprint density at radius 3 is 2.56 bits per heavy atom. The van der Waals surface area contributed by atoms with E-state index in [1.54, 1.807) is 9.80 Å². The van der Waals surface area contributed by atoms with Crippen molar-refractivity contribution >= 4 is 22.7 Å². The van der Waals surface area contributed by atoms with E-state index >= 15 is 0 Å². The van der Waals surface area contributed by atoms with Gasteiger partial charge in [-0.1, -0.05) is 56.3 Å². The normalized spacial score (nSPS) is 20.8. The Morgan fingerprint density at radius 2 is 1.84 bits per heavy atom. The number of aromatic nitrogens is 1. The molecule has 0 aliphatic carbocycles. The number of nitrogens with one attached hydrogen (secondary N) is 1. The minimum atomic E-state index is -0.531. The largest absolute Gasteiger partial charge is 0.396 e. The van der Waals surface area contributed by atoms with Crippen LogP contribution in [0.25, 0.3) is 10.9 Å². The molecule has 6 heteroatoms. The van der Waals surface area contributed by atoms with Crippen molar-refractivity contribution in [3.63, 3.8) is 0 Å². The second-order valence-corrected chi connectivity index (χ2v) is 9.14. The van der Waals surface area contributed by atoms with E-state index in [1.807, 2.05) is 18.2 Å². The molecule has 2 amide bonds. The molecule has 2 atom stereocenters. The predicted molar refractivity (Wildman–Crippen MR) is 123 cm³/mol. The summed E-state index contributed by atoms with van der Waals surface area (Å²) in [6, 6.07) is 15.7. The first-order chi connectivity index (χ1) is 15.5. The number of rotatable bonds is 5. The van der Waals surface area contributed by atoms with Crippen LogP contribution in [0.4, 0.5) is 0 Å². The van der Waals surface area contributed by atoms with Gasteiger partial charge in [0.2, 0.25) is 11.8 Å². The number of aliphatic hydroxyl groups is 1. The van der Waals surface area contributed by atoms with Crippen LogP contribution < -0.4 is 0 Å². The molecule has 1 fully saturated rings. The molecule has 0 bridgehead atoms. The molecule has 3 heterocycles. The summed E-state index contributed by atoms with van der Waals surface area (Å²) < 4.78 is 0. The number of piperazine rings is 1. The summed E-state index contributed by atoms with van der Waals surface area (Å²) in [7, 11) is 0. The van der Waals surface area contributed by atoms with Crippen LogP contribution in [-0.2, 0) is 16.0 Å². The molecule has 2 aliphatic rings. The third-order valence-electron chi connectivity index (χ3n) is 6.85. The Balaban J connectivity index is 1.64. The maximum Gasteiger partial charge on any atom is 0.246 e. The van der Waals surface area contributed by atoms with Crippen LogP contribution in [0, 0.1) is 0 Å². The highest BCUT2D eigenvalue weighted by molar-refractivity contribution is 5.97. The fourth-order valence-electron chi connectivity index (χ4n) is 5.18. The summed E-state index contributed by atoms with van der Waals surface area (Å²) in [6.07, 6.45) is 0.976. The smallest absolute Gasteiger partial charge is 0.246 e. The molecule has 166 valence electrons. The van der Waals surface area contributed by atoms with Gasteiger partial charge in [0.25, 0.3) is 0 Å². The number of para-hydroxylation sites is 1. The number of hydrogen-bond acceptors (Lipinski definition) is 3. The van der Waals surface area contributed by atoms with Crippen molar-refractivity contribution in [2.24, 2.45) is 0 Å². The molecule has 2 N–H and O–H groups in total. The minimum Gasteiger partial charge on any atom is -0.396 e. The quantitative estimate of drug-likeness (QED) is 0.650. The molecule has 2 aliphatic heterocycles. The Hall–Kier alpha value is -3.12. The van der Waals surface area contributed by atoms with Crippen molar-refractivity contribution in [3.05, 3.63) is 70.9 Å². The average Bonchev–Trinajstić information content (AvgIpc) is 3.17. The molecule has 1 saturated heterocycles. The van der Waals surface area contributed by atoms with Crippen LogP contribution in [0.1, 0.15) is 54.6 Å². The van der Waals surface area contributed by atoms with E-state index in [1.165, 1.54) is 5.56 Å². The molecule has 0 spiro atoms. The molecule has 1 aromatic heterocycles. The summed E-state index contributed by atoms with van der Waals surface area (Å²) in [5.41, 5.74) is 5.40. The van der Waals surface area contributed by atoms with Gasteiger partial charge in [-0.15, -0.1) is 0 Å². The van der Waals surface area contributed by atoms with Crippen molar-refractivity contribution in [2.45, 2.75) is 44.7 Å². The summed E-state index contributed by atoms with van der Waals surface area (Å²) in [5, 5.41) is 10.3. The second kappa shape index (κ2) is 8.10. The number of aromatic amines is 1. The van der Waals surface area contributed by atoms with E-state index in [2.05, 4.69) is 49.2 Å². The minimum absolute atomic E-state index is 0.00374. The topological polar surface area (TPSA) is 76.6 Å². The van der Waals surface area contributed by atoms with E-state index in [-0.39, 0.29) is 31.0 Å². The van der Waals surface area contributed by atoms with Crippen LogP contribution in [0.3, 0.4) is 0 Å². The first-order valence-corrected chi connectivity index (χ1v) is 11.4. The van der Waals surface area contributed by atoms with E-state index in [4.69, 9.17) is 0 Å². The second-order valence-electron chi connectivity index (χ2n) is 9.14. The van der Waals surface area contributed by atoms with Crippen LogP contribution in [0.15, 0.2) is 48.5 Å². The number of nitrogens with zero attached hydrogens (tertiary/aromatic N) is 2. The number of carbonyl (C=O) groups is 2. The summed E-state index contributed by atoms with van der Waals surface area (Å²) in [6.45, 7) is 4.79. The lowest BCUT2D eigenvalue weighted by Gasteiger charge is -2.47. The van der Waals surface area contributed by atoms with Gasteiger partial charge in [-0.3, -0.25) is 9.59 Å². The van der Waals surface area contributed by atoms with Crippen LogP contribution in [0.5, 0.6) is 0 Å². The van der Waals surface area contributed by atoms with Crippen molar-refractivity contribution in [1.82, 2.24) is 14.8 Å².